The highest BCUT2D eigenvalue weighted by Gasteiger charge is 2.23. The van der Waals surface area contributed by atoms with Gasteiger partial charge in [0, 0.05) is 10.4 Å². The Hall–Kier alpha value is -3.88. The maximum Gasteiger partial charge on any atom is 0.267 e. The third-order valence-electron chi connectivity index (χ3n) is 6.77. The van der Waals surface area contributed by atoms with Crippen LogP contribution in [0, 0.1) is 0 Å². The number of fused-ring (bicyclic) bond motifs is 4. The molecule has 0 saturated carbocycles. The molecule has 190 valence electrons. The minimum Gasteiger partial charge on any atom is -0.299 e. The van der Waals surface area contributed by atoms with Crippen LogP contribution in [0.25, 0.3) is 32.4 Å². The summed E-state index contributed by atoms with van der Waals surface area (Å²) in [4.78, 5) is 33.5. The number of nitrogens with one attached hydrogen (secondary N) is 2. The van der Waals surface area contributed by atoms with E-state index in [0.29, 0.717) is 10.9 Å². The Balaban J connectivity index is 1.23. The molecular weight excluding hydrogens is 512 g/mol. The van der Waals surface area contributed by atoms with E-state index < -0.39 is 0 Å². The van der Waals surface area contributed by atoms with Crippen molar-refractivity contribution in [1.29, 1.82) is 0 Å². The molecule has 2 heterocycles. The molecule has 0 spiro atoms. The second-order valence-corrected chi connectivity index (χ2v) is 11.3. The van der Waals surface area contributed by atoms with Crippen molar-refractivity contribution >= 4 is 55.7 Å². The lowest BCUT2D eigenvalue weighted by Crippen LogP contribution is -2.37. The van der Waals surface area contributed by atoms with Crippen molar-refractivity contribution in [2.45, 2.75) is 30.8 Å². The van der Waals surface area contributed by atoms with Gasteiger partial charge in [-0.05, 0) is 54.2 Å². The predicted molar refractivity (Wildman–Crippen MR) is 157 cm³/mol. The van der Waals surface area contributed by atoms with Crippen LogP contribution in [0.15, 0.2) is 89.3 Å². The first-order valence-electron chi connectivity index (χ1n) is 12.6. The summed E-state index contributed by atoms with van der Waals surface area (Å²) in [7, 11) is 0. The van der Waals surface area contributed by atoms with Gasteiger partial charge in [0.05, 0.1) is 22.5 Å². The normalized spacial score (nSPS) is 12.8. The van der Waals surface area contributed by atoms with Crippen molar-refractivity contribution < 1.29 is 4.79 Å². The van der Waals surface area contributed by atoms with E-state index in [1.165, 1.54) is 16.6 Å². The number of carbonyl (C=O) groups is 1. The summed E-state index contributed by atoms with van der Waals surface area (Å²) in [5.41, 5.74) is 9.06. The fourth-order valence-corrected chi connectivity index (χ4v) is 7.07. The minimum absolute atomic E-state index is 0.0639. The Morgan fingerprint density at radius 3 is 2.61 bits per heavy atom. The fraction of sp³-hybridized carbons (Fsp3) is 0.167. The Morgan fingerprint density at radius 1 is 0.974 bits per heavy atom. The van der Waals surface area contributed by atoms with Crippen LogP contribution in [0.2, 0.25) is 0 Å². The van der Waals surface area contributed by atoms with Gasteiger partial charge in [-0.15, -0.1) is 11.3 Å². The number of aromatic nitrogens is 2. The summed E-state index contributed by atoms with van der Waals surface area (Å²) in [6.45, 7) is 4.11. The van der Waals surface area contributed by atoms with Gasteiger partial charge in [0.2, 0.25) is 5.91 Å². The molecule has 0 aliphatic heterocycles. The van der Waals surface area contributed by atoms with Crippen LogP contribution in [-0.4, -0.2) is 21.2 Å². The Kier molecular flexibility index (Phi) is 6.74. The molecule has 8 heteroatoms. The largest absolute Gasteiger partial charge is 0.299 e. The van der Waals surface area contributed by atoms with Crippen molar-refractivity contribution in [3.05, 3.63) is 106 Å². The predicted octanol–water partition coefficient (Wildman–Crippen LogP) is 5.86. The lowest BCUT2D eigenvalue weighted by atomic mass is 9.97. The standard InChI is InChI=1S/C30H26N4O2S2/c1-19(22-16-9-11-20-10-5-6-14-23(20)22)32-33-26(35)18-37-30-31-28-27(24-15-7-8-17-25(24)38-28)29(36)34(30)21-12-3-2-4-13-21/h2-6,9-14,16,32H,1,7-8,15,17-18H2,(H,33,35). The minimum atomic E-state index is -0.240. The van der Waals surface area contributed by atoms with Crippen LogP contribution >= 0.6 is 23.1 Å². The summed E-state index contributed by atoms with van der Waals surface area (Å²) >= 11 is 2.87. The van der Waals surface area contributed by atoms with E-state index >= 15 is 0 Å². The van der Waals surface area contributed by atoms with Gasteiger partial charge in [-0.1, -0.05) is 79.0 Å². The number of thioether (sulfide) groups is 1. The molecule has 2 aromatic heterocycles. The number of para-hydroxylation sites is 1. The average Bonchev–Trinajstić information content (AvgIpc) is 3.33. The molecule has 0 fully saturated rings. The number of benzene rings is 3. The molecule has 0 atom stereocenters. The number of thiophene rings is 1. The van der Waals surface area contributed by atoms with E-state index in [1.54, 1.807) is 15.9 Å². The number of aryl methyl sites for hydroxylation is 2. The molecule has 6 rings (SSSR count). The Bertz CT molecular complexity index is 1740. The second-order valence-electron chi connectivity index (χ2n) is 9.23. The maximum atomic E-state index is 13.8. The quantitative estimate of drug-likeness (QED) is 0.154. The molecule has 1 aliphatic rings. The van der Waals surface area contributed by atoms with Crippen LogP contribution in [0.3, 0.4) is 0 Å². The zero-order valence-corrected chi connectivity index (χ0v) is 22.3. The van der Waals surface area contributed by atoms with Crippen molar-refractivity contribution in [2.75, 3.05) is 5.75 Å². The molecule has 0 bridgehead atoms. The molecule has 38 heavy (non-hydrogen) atoms. The Labute approximate surface area is 228 Å². The molecule has 0 unspecified atom stereocenters. The van der Waals surface area contributed by atoms with Gasteiger partial charge in [-0.25, -0.2) is 4.98 Å². The van der Waals surface area contributed by atoms with Gasteiger partial charge in [-0.2, -0.15) is 0 Å². The van der Waals surface area contributed by atoms with Gasteiger partial charge in [0.15, 0.2) is 5.16 Å². The number of hydrogen-bond donors (Lipinski definition) is 2. The molecule has 2 N–H and O–H groups in total. The summed E-state index contributed by atoms with van der Waals surface area (Å²) in [6, 6.07) is 23.5. The SMILES string of the molecule is C=C(NNC(=O)CSc1nc2sc3c(c2c(=O)n1-c1ccccc1)CCCC3)c1cccc2ccccc12. The average molecular weight is 539 g/mol. The van der Waals surface area contributed by atoms with Gasteiger partial charge in [-0.3, -0.25) is 25.0 Å². The van der Waals surface area contributed by atoms with Gasteiger partial charge in [0.25, 0.3) is 5.56 Å². The number of rotatable bonds is 7. The molecule has 5 aromatic rings. The topological polar surface area (TPSA) is 76.0 Å². The van der Waals surface area contributed by atoms with Crippen LogP contribution in [0.5, 0.6) is 0 Å². The van der Waals surface area contributed by atoms with Crippen molar-refractivity contribution in [3.63, 3.8) is 0 Å². The number of carbonyl (C=O) groups excluding carboxylic acids is 1. The first kappa shape index (κ1) is 24.5. The van der Waals surface area contributed by atoms with Crippen molar-refractivity contribution in [1.82, 2.24) is 20.4 Å². The Morgan fingerprint density at radius 2 is 1.74 bits per heavy atom. The van der Waals surface area contributed by atoms with Crippen LogP contribution < -0.4 is 16.4 Å². The van der Waals surface area contributed by atoms with Crippen molar-refractivity contribution in [3.8, 4) is 5.69 Å². The van der Waals surface area contributed by atoms with E-state index in [9.17, 15) is 9.59 Å². The van der Waals surface area contributed by atoms with E-state index in [4.69, 9.17) is 4.98 Å². The van der Waals surface area contributed by atoms with Crippen LogP contribution in [0.4, 0.5) is 0 Å². The molecule has 1 aliphatic carbocycles. The van der Waals surface area contributed by atoms with Gasteiger partial charge in [0.1, 0.15) is 4.83 Å². The first-order chi connectivity index (χ1) is 18.6. The highest BCUT2D eigenvalue weighted by atomic mass is 32.2. The van der Waals surface area contributed by atoms with E-state index in [0.717, 1.165) is 63.5 Å². The van der Waals surface area contributed by atoms with E-state index in [2.05, 4.69) is 17.4 Å². The van der Waals surface area contributed by atoms with Crippen molar-refractivity contribution in [2.24, 2.45) is 0 Å². The highest BCUT2D eigenvalue weighted by molar-refractivity contribution is 7.99. The van der Waals surface area contributed by atoms with E-state index in [-0.39, 0.29) is 17.2 Å². The summed E-state index contributed by atoms with van der Waals surface area (Å²) < 4.78 is 1.64. The van der Waals surface area contributed by atoms with Gasteiger partial charge >= 0.3 is 0 Å². The molecule has 1 amide bonds. The van der Waals surface area contributed by atoms with Crippen LogP contribution in [-0.2, 0) is 17.6 Å². The third-order valence-corrected chi connectivity index (χ3v) is 8.90. The zero-order chi connectivity index (χ0) is 26.1. The summed E-state index contributed by atoms with van der Waals surface area (Å²) in [5, 5.41) is 3.40. The molecule has 6 nitrogen and oxygen atoms in total. The fourth-order valence-electron chi connectivity index (χ4n) is 4.96. The zero-order valence-electron chi connectivity index (χ0n) is 20.7. The van der Waals surface area contributed by atoms with Gasteiger partial charge < -0.3 is 0 Å². The molecule has 3 aromatic carbocycles. The maximum absolute atomic E-state index is 13.8. The monoisotopic (exact) mass is 538 g/mol. The number of hydrogen-bond acceptors (Lipinski definition) is 6. The molecule has 0 saturated heterocycles. The number of nitrogens with zero attached hydrogens (tertiary/aromatic N) is 2. The lowest BCUT2D eigenvalue weighted by Gasteiger charge is -2.15. The molecular formula is C30H26N4O2S2. The summed E-state index contributed by atoms with van der Waals surface area (Å²) in [5.74, 6) is -0.151. The first-order valence-corrected chi connectivity index (χ1v) is 14.4. The summed E-state index contributed by atoms with van der Waals surface area (Å²) in [6.07, 6.45) is 4.16. The van der Waals surface area contributed by atoms with Crippen LogP contribution in [0.1, 0.15) is 28.8 Å². The third kappa shape index (κ3) is 4.61. The molecule has 0 radical (unpaired) electrons. The lowest BCUT2D eigenvalue weighted by molar-refractivity contribution is -0.119. The second kappa shape index (κ2) is 10.5. The number of amides is 1. The highest BCUT2D eigenvalue weighted by Crippen LogP contribution is 2.35. The number of hydrazine groups is 1. The van der Waals surface area contributed by atoms with E-state index in [1.807, 2.05) is 72.8 Å². The smallest absolute Gasteiger partial charge is 0.267 e.